The van der Waals surface area contributed by atoms with Gasteiger partial charge in [0.15, 0.2) is 0 Å². The first-order valence-electron chi connectivity index (χ1n) is 3.43. The van der Waals surface area contributed by atoms with Crippen LogP contribution < -0.4 is 5.32 Å². The van der Waals surface area contributed by atoms with E-state index in [0.29, 0.717) is 22.2 Å². The molecule has 12 heavy (non-hydrogen) atoms. The summed E-state index contributed by atoms with van der Waals surface area (Å²) in [6, 6.07) is 3.22. The van der Waals surface area contributed by atoms with Crippen LogP contribution in [0.25, 0.3) is 0 Å². The standard InChI is InChI=1S/C8H9Cl2NO/c1-11-4-5-6(9)2-3-7(10)8(5)12/h2-3,12H,1,4,11H2. The van der Waals surface area contributed by atoms with E-state index in [0.717, 1.165) is 0 Å². The average Bonchev–Trinajstić information content (AvgIpc) is 2.06. The second-order valence-electron chi connectivity index (χ2n) is 2.35. The van der Waals surface area contributed by atoms with Crippen LogP contribution in [0.3, 0.4) is 0 Å². The van der Waals surface area contributed by atoms with Crippen LogP contribution in [-0.2, 0) is 6.54 Å². The highest BCUT2D eigenvalue weighted by molar-refractivity contribution is 6.34. The molecule has 1 aromatic rings. The van der Waals surface area contributed by atoms with Gasteiger partial charge in [0.05, 0.1) is 22.2 Å². The largest absolute Gasteiger partial charge is 0.506 e. The van der Waals surface area contributed by atoms with Gasteiger partial charge >= 0.3 is 0 Å². The van der Waals surface area contributed by atoms with E-state index in [2.05, 4.69) is 7.05 Å². The molecule has 0 unspecified atom stereocenters. The molecule has 2 nitrogen and oxygen atoms in total. The summed E-state index contributed by atoms with van der Waals surface area (Å²) in [5.41, 5.74) is 0.624. The molecular formula is C8H9Cl2NO. The van der Waals surface area contributed by atoms with E-state index >= 15 is 0 Å². The molecule has 0 aliphatic rings. The summed E-state index contributed by atoms with van der Waals surface area (Å²) in [6.45, 7) is 0.519. The van der Waals surface area contributed by atoms with Gasteiger partial charge in [-0.2, -0.15) is 7.05 Å². The van der Waals surface area contributed by atoms with Crippen molar-refractivity contribution in [2.75, 3.05) is 0 Å². The van der Waals surface area contributed by atoms with Crippen molar-refractivity contribution in [3.05, 3.63) is 34.8 Å². The zero-order valence-electron chi connectivity index (χ0n) is 6.35. The smallest absolute Gasteiger partial charge is 0.144 e. The van der Waals surface area contributed by atoms with Crippen LogP contribution in [0.1, 0.15) is 5.56 Å². The van der Waals surface area contributed by atoms with Crippen LogP contribution in [-0.4, -0.2) is 5.11 Å². The van der Waals surface area contributed by atoms with Crippen molar-refractivity contribution in [1.29, 1.82) is 0 Å². The number of hydrogen-bond donors (Lipinski definition) is 2. The van der Waals surface area contributed by atoms with Crippen molar-refractivity contribution in [3.63, 3.8) is 0 Å². The Hall–Kier alpha value is -0.440. The summed E-state index contributed by atoms with van der Waals surface area (Å²) in [4.78, 5) is 0. The lowest BCUT2D eigenvalue weighted by atomic mass is 10.2. The highest BCUT2D eigenvalue weighted by Crippen LogP contribution is 2.31. The zero-order valence-corrected chi connectivity index (χ0v) is 7.86. The lowest BCUT2D eigenvalue weighted by Crippen LogP contribution is -2.74. The fourth-order valence-corrected chi connectivity index (χ4v) is 1.33. The maximum Gasteiger partial charge on any atom is 0.144 e. The van der Waals surface area contributed by atoms with E-state index in [1.807, 2.05) is 0 Å². The SMILES string of the molecule is [CH2-][NH2+]Cc1c(Cl)ccc(Cl)c1O. The van der Waals surface area contributed by atoms with Gasteiger partial charge in [0.25, 0.3) is 0 Å². The molecule has 4 heteroatoms. The molecular weight excluding hydrogens is 197 g/mol. The first kappa shape index (κ1) is 9.65. The highest BCUT2D eigenvalue weighted by Gasteiger charge is 2.09. The van der Waals surface area contributed by atoms with Crippen molar-refractivity contribution in [2.24, 2.45) is 0 Å². The molecule has 0 amide bonds. The quantitative estimate of drug-likeness (QED) is 0.707. The molecule has 1 rings (SSSR count). The van der Waals surface area contributed by atoms with E-state index in [1.165, 1.54) is 0 Å². The van der Waals surface area contributed by atoms with Crippen molar-refractivity contribution >= 4 is 23.2 Å². The number of quaternary nitrogens is 1. The van der Waals surface area contributed by atoms with Gasteiger partial charge in [0.2, 0.25) is 0 Å². The lowest BCUT2D eigenvalue weighted by molar-refractivity contribution is -0.612. The van der Waals surface area contributed by atoms with Gasteiger partial charge in [-0.05, 0) is 12.1 Å². The van der Waals surface area contributed by atoms with Crippen molar-refractivity contribution in [2.45, 2.75) is 6.54 Å². The zero-order chi connectivity index (χ0) is 9.14. The van der Waals surface area contributed by atoms with Crippen molar-refractivity contribution < 1.29 is 10.4 Å². The van der Waals surface area contributed by atoms with Crippen LogP contribution >= 0.6 is 23.2 Å². The van der Waals surface area contributed by atoms with E-state index < -0.39 is 0 Å². The molecule has 0 aliphatic carbocycles. The van der Waals surface area contributed by atoms with Crippen LogP contribution in [0.4, 0.5) is 0 Å². The number of rotatable bonds is 2. The lowest BCUT2D eigenvalue weighted by Gasteiger charge is -2.07. The molecule has 0 bridgehead atoms. The number of aromatic hydroxyl groups is 1. The summed E-state index contributed by atoms with van der Waals surface area (Å²) in [6.07, 6.45) is 0. The third-order valence-electron chi connectivity index (χ3n) is 1.52. The van der Waals surface area contributed by atoms with Crippen molar-refractivity contribution in [1.82, 2.24) is 0 Å². The predicted molar refractivity (Wildman–Crippen MR) is 49.1 cm³/mol. The topological polar surface area (TPSA) is 36.8 Å². The van der Waals surface area contributed by atoms with E-state index in [1.54, 1.807) is 17.4 Å². The average molecular weight is 206 g/mol. The molecule has 0 saturated carbocycles. The fraction of sp³-hybridized carbons (Fsp3) is 0.125. The number of benzene rings is 1. The minimum absolute atomic E-state index is 0.0454. The van der Waals surface area contributed by atoms with Crippen LogP contribution in [0.5, 0.6) is 5.75 Å². The number of phenols is 1. The summed E-state index contributed by atoms with van der Waals surface area (Å²) in [7, 11) is 3.56. The highest BCUT2D eigenvalue weighted by atomic mass is 35.5. The molecule has 1 aromatic carbocycles. The molecule has 66 valence electrons. The summed E-state index contributed by atoms with van der Waals surface area (Å²) in [5, 5.41) is 11.9. The van der Waals surface area contributed by atoms with Gasteiger partial charge in [-0.15, -0.1) is 0 Å². The Kier molecular flexibility index (Phi) is 3.20. The molecule has 0 radical (unpaired) electrons. The Balaban J connectivity index is 3.14. The van der Waals surface area contributed by atoms with Gasteiger partial charge in [-0.25, -0.2) is 0 Å². The molecule has 0 saturated heterocycles. The fourth-order valence-electron chi connectivity index (χ4n) is 0.922. The second-order valence-corrected chi connectivity index (χ2v) is 3.16. The Labute approximate surface area is 81.1 Å². The normalized spacial score (nSPS) is 10.2. The van der Waals surface area contributed by atoms with E-state index in [4.69, 9.17) is 23.2 Å². The van der Waals surface area contributed by atoms with Gasteiger partial charge < -0.3 is 10.4 Å². The predicted octanol–water partition coefficient (Wildman–Crippen LogP) is 1.55. The molecule has 3 N–H and O–H groups in total. The minimum Gasteiger partial charge on any atom is -0.506 e. The minimum atomic E-state index is 0.0454. The molecule has 0 aliphatic heterocycles. The van der Waals surface area contributed by atoms with Crippen LogP contribution in [0.2, 0.25) is 10.0 Å². The first-order chi connectivity index (χ1) is 5.66. The second kappa shape index (κ2) is 3.99. The maximum atomic E-state index is 9.45. The third kappa shape index (κ3) is 1.83. The van der Waals surface area contributed by atoms with E-state index in [9.17, 15) is 5.11 Å². The number of nitrogens with two attached hydrogens (primary N) is 1. The number of phenolic OH excluding ortho intramolecular Hbond substituents is 1. The molecule has 0 atom stereocenters. The monoisotopic (exact) mass is 205 g/mol. The molecule has 0 spiro atoms. The first-order valence-corrected chi connectivity index (χ1v) is 4.19. The Morgan fingerprint density at radius 3 is 2.50 bits per heavy atom. The Morgan fingerprint density at radius 2 is 1.92 bits per heavy atom. The summed E-state index contributed by atoms with van der Waals surface area (Å²) in [5.74, 6) is 0.0454. The van der Waals surface area contributed by atoms with Gasteiger partial charge in [0.1, 0.15) is 5.75 Å². The Bertz CT molecular complexity index is 289. The molecule has 0 aromatic heterocycles. The van der Waals surface area contributed by atoms with Gasteiger partial charge in [-0.1, -0.05) is 23.2 Å². The maximum absolute atomic E-state index is 9.45. The number of halogens is 2. The third-order valence-corrected chi connectivity index (χ3v) is 2.18. The number of hydrogen-bond acceptors (Lipinski definition) is 1. The molecule has 0 fully saturated rings. The summed E-state index contributed by atoms with van der Waals surface area (Å²) >= 11 is 11.5. The van der Waals surface area contributed by atoms with Gasteiger partial charge in [0, 0.05) is 0 Å². The van der Waals surface area contributed by atoms with Crippen LogP contribution in [0, 0.1) is 7.05 Å². The van der Waals surface area contributed by atoms with Crippen LogP contribution in [0.15, 0.2) is 12.1 Å². The Morgan fingerprint density at radius 1 is 1.33 bits per heavy atom. The van der Waals surface area contributed by atoms with E-state index in [-0.39, 0.29) is 5.75 Å². The van der Waals surface area contributed by atoms with Crippen molar-refractivity contribution in [3.8, 4) is 5.75 Å². The van der Waals surface area contributed by atoms with Gasteiger partial charge in [-0.3, -0.25) is 0 Å². The summed E-state index contributed by atoms with van der Waals surface area (Å²) < 4.78 is 0. The molecule has 0 heterocycles.